The highest BCUT2D eigenvalue weighted by Gasteiger charge is 2.30. The molecule has 3 rings (SSSR count). The van der Waals surface area contributed by atoms with Crippen molar-refractivity contribution in [1.29, 1.82) is 0 Å². The third-order valence-electron chi connectivity index (χ3n) is 3.52. The first kappa shape index (κ1) is 14.2. The fourth-order valence-corrected chi connectivity index (χ4v) is 2.77. The Labute approximate surface area is 133 Å². The molecule has 3 nitrogen and oxygen atoms in total. The number of benzene rings is 2. The van der Waals surface area contributed by atoms with Crippen molar-refractivity contribution in [3.05, 3.63) is 58.1 Å². The zero-order valence-electron chi connectivity index (χ0n) is 11.4. The van der Waals surface area contributed by atoms with Crippen LogP contribution in [0, 0.1) is 0 Å². The van der Waals surface area contributed by atoms with Gasteiger partial charge < -0.3 is 10.2 Å². The van der Waals surface area contributed by atoms with Crippen LogP contribution in [-0.2, 0) is 11.3 Å². The number of rotatable bonds is 2. The Hall–Kier alpha value is -1.71. The predicted octanol–water partition coefficient (Wildman–Crippen LogP) is 4.34. The van der Waals surface area contributed by atoms with Crippen molar-refractivity contribution in [1.82, 2.24) is 0 Å². The molecule has 1 amide bonds. The van der Waals surface area contributed by atoms with Crippen molar-refractivity contribution >= 4 is 40.5 Å². The van der Waals surface area contributed by atoms with Gasteiger partial charge in [-0.1, -0.05) is 53.5 Å². The molecule has 0 saturated heterocycles. The lowest BCUT2D eigenvalue weighted by atomic mass is 10.1. The molecule has 5 heteroatoms. The van der Waals surface area contributed by atoms with E-state index in [0.717, 1.165) is 16.9 Å². The predicted molar refractivity (Wildman–Crippen MR) is 87.2 cm³/mol. The SMILES string of the molecule is CC1Nc2cc(Cl)c(Cl)cc2N(Cc2ccccc2)C1=O. The van der Waals surface area contributed by atoms with E-state index in [1.807, 2.05) is 37.3 Å². The summed E-state index contributed by atoms with van der Waals surface area (Å²) in [7, 11) is 0. The number of anilines is 2. The number of fused-ring (bicyclic) bond motifs is 1. The van der Waals surface area contributed by atoms with Crippen molar-refractivity contribution in [2.24, 2.45) is 0 Å². The molecule has 0 bridgehead atoms. The minimum absolute atomic E-state index is 0.0183. The number of nitrogens with one attached hydrogen (secondary N) is 1. The fraction of sp³-hybridized carbons (Fsp3) is 0.188. The molecule has 0 radical (unpaired) electrons. The van der Waals surface area contributed by atoms with Gasteiger partial charge in [0.25, 0.3) is 0 Å². The number of nitrogens with zero attached hydrogens (tertiary/aromatic N) is 1. The maximum absolute atomic E-state index is 12.5. The van der Waals surface area contributed by atoms with Gasteiger partial charge >= 0.3 is 0 Å². The molecular weight excluding hydrogens is 307 g/mol. The van der Waals surface area contributed by atoms with Gasteiger partial charge in [-0.3, -0.25) is 4.79 Å². The molecule has 0 saturated carbocycles. The van der Waals surface area contributed by atoms with Crippen LogP contribution < -0.4 is 10.2 Å². The maximum atomic E-state index is 12.5. The average molecular weight is 321 g/mol. The Morgan fingerprint density at radius 3 is 2.52 bits per heavy atom. The van der Waals surface area contributed by atoms with Crippen molar-refractivity contribution in [2.75, 3.05) is 10.2 Å². The third-order valence-corrected chi connectivity index (χ3v) is 4.24. The van der Waals surface area contributed by atoms with E-state index < -0.39 is 0 Å². The lowest BCUT2D eigenvalue weighted by molar-refractivity contribution is -0.119. The standard InChI is InChI=1S/C16H14Cl2N2O/c1-10-16(21)20(9-11-5-3-2-4-6-11)15-8-13(18)12(17)7-14(15)19-10/h2-8,10,19H,9H2,1H3. The molecule has 2 aromatic carbocycles. The Kier molecular flexibility index (Phi) is 3.79. The second-order valence-electron chi connectivity index (χ2n) is 5.06. The van der Waals surface area contributed by atoms with Gasteiger partial charge in [0, 0.05) is 0 Å². The quantitative estimate of drug-likeness (QED) is 0.892. The first-order valence-corrected chi connectivity index (χ1v) is 7.43. The van der Waals surface area contributed by atoms with Gasteiger partial charge in [-0.2, -0.15) is 0 Å². The second kappa shape index (κ2) is 5.58. The van der Waals surface area contributed by atoms with Crippen LogP contribution in [0.25, 0.3) is 0 Å². The molecule has 1 unspecified atom stereocenters. The Morgan fingerprint density at radius 2 is 1.81 bits per heavy atom. The summed E-state index contributed by atoms with van der Waals surface area (Å²) in [6, 6.07) is 13.1. The van der Waals surface area contributed by atoms with E-state index in [0.29, 0.717) is 16.6 Å². The normalized spacial score (nSPS) is 17.4. The zero-order valence-corrected chi connectivity index (χ0v) is 12.9. The number of amides is 1. The molecule has 108 valence electrons. The van der Waals surface area contributed by atoms with Crippen LogP contribution >= 0.6 is 23.2 Å². The molecule has 0 aromatic heterocycles. The number of carbonyl (C=O) groups is 1. The Morgan fingerprint density at radius 1 is 1.14 bits per heavy atom. The minimum Gasteiger partial charge on any atom is -0.372 e. The number of hydrogen-bond donors (Lipinski definition) is 1. The lowest BCUT2D eigenvalue weighted by Gasteiger charge is -2.34. The summed E-state index contributed by atoms with van der Waals surface area (Å²) in [5, 5.41) is 4.08. The topological polar surface area (TPSA) is 32.3 Å². The molecule has 0 spiro atoms. The molecule has 1 aliphatic heterocycles. The molecule has 0 aliphatic carbocycles. The zero-order chi connectivity index (χ0) is 15.0. The average Bonchev–Trinajstić information content (AvgIpc) is 2.47. The summed E-state index contributed by atoms with van der Waals surface area (Å²) in [4.78, 5) is 14.2. The Balaban J connectivity index is 2.03. The lowest BCUT2D eigenvalue weighted by Crippen LogP contribution is -2.45. The largest absolute Gasteiger partial charge is 0.372 e. The van der Waals surface area contributed by atoms with Crippen molar-refractivity contribution in [3.8, 4) is 0 Å². The van der Waals surface area contributed by atoms with Crippen molar-refractivity contribution in [2.45, 2.75) is 19.5 Å². The van der Waals surface area contributed by atoms with Crippen LogP contribution in [0.3, 0.4) is 0 Å². The van der Waals surface area contributed by atoms with Crippen LogP contribution in [0.4, 0.5) is 11.4 Å². The van der Waals surface area contributed by atoms with Gasteiger partial charge in [-0.05, 0) is 24.6 Å². The van der Waals surface area contributed by atoms with E-state index in [9.17, 15) is 4.79 Å². The highest BCUT2D eigenvalue weighted by molar-refractivity contribution is 6.42. The molecule has 1 atom stereocenters. The molecule has 1 aliphatic rings. The van der Waals surface area contributed by atoms with Crippen molar-refractivity contribution in [3.63, 3.8) is 0 Å². The van der Waals surface area contributed by atoms with Crippen LogP contribution in [0.5, 0.6) is 0 Å². The summed E-state index contributed by atoms with van der Waals surface area (Å²) in [5.41, 5.74) is 2.65. The molecular formula is C16H14Cl2N2O. The summed E-state index contributed by atoms with van der Waals surface area (Å²) >= 11 is 12.2. The van der Waals surface area contributed by atoms with Gasteiger partial charge in [0.05, 0.1) is 28.0 Å². The third kappa shape index (κ3) is 2.71. The van der Waals surface area contributed by atoms with Gasteiger partial charge in [0.15, 0.2) is 0 Å². The smallest absolute Gasteiger partial charge is 0.249 e. The van der Waals surface area contributed by atoms with Crippen LogP contribution in [0.15, 0.2) is 42.5 Å². The highest BCUT2D eigenvalue weighted by atomic mass is 35.5. The minimum atomic E-state index is -0.293. The van der Waals surface area contributed by atoms with E-state index in [-0.39, 0.29) is 11.9 Å². The van der Waals surface area contributed by atoms with E-state index >= 15 is 0 Å². The molecule has 1 N–H and O–H groups in total. The summed E-state index contributed by atoms with van der Waals surface area (Å²) in [6.07, 6.45) is 0. The van der Waals surface area contributed by atoms with Crippen LogP contribution in [0.1, 0.15) is 12.5 Å². The molecule has 1 heterocycles. The summed E-state index contributed by atoms with van der Waals surface area (Å²) in [5.74, 6) is 0.0183. The first-order valence-electron chi connectivity index (χ1n) is 6.67. The van der Waals surface area contributed by atoms with E-state index in [4.69, 9.17) is 23.2 Å². The first-order chi connectivity index (χ1) is 10.1. The summed E-state index contributed by atoms with van der Waals surface area (Å²) < 4.78 is 0. The monoisotopic (exact) mass is 320 g/mol. The fourth-order valence-electron chi connectivity index (χ4n) is 2.45. The van der Waals surface area contributed by atoms with Crippen molar-refractivity contribution < 1.29 is 4.79 Å². The van der Waals surface area contributed by atoms with Gasteiger partial charge in [0.1, 0.15) is 6.04 Å². The van der Waals surface area contributed by atoms with Crippen LogP contribution in [-0.4, -0.2) is 11.9 Å². The number of hydrogen-bond acceptors (Lipinski definition) is 2. The van der Waals surface area contributed by atoms with Gasteiger partial charge in [-0.25, -0.2) is 0 Å². The number of halogens is 2. The number of carbonyl (C=O) groups excluding carboxylic acids is 1. The summed E-state index contributed by atoms with van der Waals surface area (Å²) in [6.45, 7) is 2.35. The molecule has 2 aromatic rings. The van der Waals surface area contributed by atoms with E-state index in [1.54, 1.807) is 17.0 Å². The second-order valence-corrected chi connectivity index (χ2v) is 5.87. The highest BCUT2D eigenvalue weighted by Crippen LogP contribution is 2.38. The van der Waals surface area contributed by atoms with E-state index in [2.05, 4.69) is 5.32 Å². The van der Waals surface area contributed by atoms with Gasteiger partial charge in [-0.15, -0.1) is 0 Å². The molecule has 0 fully saturated rings. The van der Waals surface area contributed by atoms with Crippen LogP contribution in [0.2, 0.25) is 10.0 Å². The maximum Gasteiger partial charge on any atom is 0.249 e. The van der Waals surface area contributed by atoms with E-state index in [1.165, 1.54) is 0 Å². The van der Waals surface area contributed by atoms with Gasteiger partial charge in [0.2, 0.25) is 5.91 Å². The Bertz CT molecular complexity index is 688. The molecule has 21 heavy (non-hydrogen) atoms.